The number of carbonyl (C=O) groups excluding carboxylic acids is 1. The summed E-state index contributed by atoms with van der Waals surface area (Å²) in [7, 11) is 0. The fraction of sp³-hybridized carbons (Fsp3) is 0.581. The minimum atomic E-state index is -4.97. The van der Waals surface area contributed by atoms with Gasteiger partial charge in [-0.2, -0.15) is 26.3 Å². The van der Waals surface area contributed by atoms with Crippen molar-refractivity contribution in [2.45, 2.75) is 95.5 Å². The molecule has 11 heteroatoms. The molecule has 1 heterocycles. The van der Waals surface area contributed by atoms with E-state index in [4.69, 9.17) is 9.47 Å². The van der Waals surface area contributed by atoms with Crippen molar-refractivity contribution in [2.75, 3.05) is 13.1 Å². The number of hydrogen-bond donors (Lipinski definition) is 0. The molecule has 0 radical (unpaired) electrons. The summed E-state index contributed by atoms with van der Waals surface area (Å²) in [6.07, 6.45) is -8.97. The Hall–Kier alpha value is -2.66. The largest absolute Gasteiger partial charge is 0.459 e. The Morgan fingerprint density at radius 3 is 2.07 bits per heavy atom. The smallest absolute Gasteiger partial charge is 0.416 e. The zero-order valence-electron chi connectivity index (χ0n) is 24.0. The van der Waals surface area contributed by atoms with E-state index in [1.165, 1.54) is 19.1 Å². The molecule has 0 spiro atoms. The number of benzene rings is 2. The van der Waals surface area contributed by atoms with Gasteiger partial charge >= 0.3 is 18.3 Å². The van der Waals surface area contributed by atoms with E-state index in [2.05, 4.69) is 4.90 Å². The van der Waals surface area contributed by atoms with Crippen molar-refractivity contribution in [3.63, 3.8) is 0 Å². The van der Waals surface area contributed by atoms with Crippen molar-refractivity contribution in [1.29, 1.82) is 0 Å². The Morgan fingerprint density at radius 1 is 0.929 bits per heavy atom. The summed E-state index contributed by atoms with van der Waals surface area (Å²) < 4.78 is 106. The van der Waals surface area contributed by atoms with Gasteiger partial charge in [-0.1, -0.05) is 12.1 Å². The van der Waals surface area contributed by atoms with E-state index >= 15 is 0 Å². The third-order valence-corrected chi connectivity index (χ3v) is 7.96. The van der Waals surface area contributed by atoms with Gasteiger partial charge in [0.1, 0.15) is 17.5 Å². The van der Waals surface area contributed by atoms with Gasteiger partial charge in [0.05, 0.1) is 23.3 Å². The highest BCUT2D eigenvalue weighted by Gasteiger charge is 2.43. The first-order valence-electron chi connectivity index (χ1n) is 14.1. The molecule has 42 heavy (non-hydrogen) atoms. The summed E-state index contributed by atoms with van der Waals surface area (Å²) in [4.78, 5) is 15.0. The van der Waals surface area contributed by atoms with Crippen LogP contribution in [0.4, 0.5) is 30.7 Å². The van der Waals surface area contributed by atoms with Crippen LogP contribution in [0, 0.1) is 11.7 Å². The maximum atomic E-state index is 13.8. The van der Waals surface area contributed by atoms with E-state index in [-0.39, 0.29) is 29.4 Å². The molecule has 2 aromatic carbocycles. The summed E-state index contributed by atoms with van der Waals surface area (Å²) in [5.74, 6) is -1.11. The van der Waals surface area contributed by atoms with Gasteiger partial charge < -0.3 is 9.47 Å². The molecule has 232 valence electrons. The zero-order chi connectivity index (χ0) is 31.0. The summed E-state index contributed by atoms with van der Waals surface area (Å²) in [6.45, 7) is 8.04. The van der Waals surface area contributed by atoms with Gasteiger partial charge in [0.15, 0.2) is 0 Å². The summed E-state index contributed by atoms with van der Waals surface area (Å²) in [5.41, 5.74) is -2.92. The van der Waals surface area contributed by atoms with Crippen LogP contribution < -0.4 is 0 Å². The van der Waals surface area contributed by atoms with E-state index in [0.717, 1.165) is 12.0 Å². The number of rotatable bonds is 7. The molecule has 0 N–H and O–H groups in total. The third kappa shape index (κ3) is 7.83. The first-order chi connectivity index (χ1) is 19.4. The van der Waals surface area contributed by atoms with Crippen LogP contribution in [0.2, 0.25) is 0 Å². The zero-order valence-corrected chi connectivity index (χ0v) is 24.0. The fourth-order valence-corrected chi connectivity index (χ4v) is 6.11. The second-order valence-electron chi connectivity index (χ2n) is 12.3. The lowest BCUT2D eigenvalue weighted by Crippen LogP contribution is -2.43. The first kappa shape index (κ1) is 32.3. The molecule has 2 fully saturated rings. The second-order valence-corrected chi connectivity index (χ2v) is 12.3. The van der Waals surface area contributed by atoms with Crippen molar-refractivity contribution in [2.24, 2.45) is 5.92 Å². The van der Waals surface area contributed by atoms with Crippen LogP contribution in [0.25, 0.3) is 0 Å². The number of nitrogens with zero attached hydrogens (tertiary/aromatic N) is 1. The molecule has 0 amide bonds. The average Bonchev–Trinajstić information content (AvgIpc) is 3.49. The molecule has 0 aromatic heterocycles. The van der Waals surface area contributed by atoms with Crippen LogP contribution in [0.1, 0.15) is 87.7 Å². The average molecular weight is 604 g/mol. The molecule has 2 aliphatic rings. The van der Waals surface area contributed by atoms with Gasteiger partial charge in [-0.3, -0.25) is 9.69 Å². The van der Waals surface area contributed by atoms with Crippen molar-refractivity contribution < 1.29 is 45.0 Å². The number of alkyl halides is 6. The molecule has 1 saturated heterocycles. The van der Waals surface area contributed by atoms with E-state index in [1.807, 2.05) is 0 Å². The van der Waals surface area contributed by atoms with Crippen molar-refractivity contribution in [1.82, 2.24) is 4.90 Å². The Labute approximate surface area is 241 Å². The highest BCUT2D eigenvalue weighted by Crippen LogP contribution is 2.45. The maximum Gasteiger partial charge on any atom is 0.416 e. The van der Waals surface area contributed by atoms with E-state index in [0.29, 0.717) is 44.5 Å². The van der Waals surface area contributed by atoms with Gasteiger partial charge in [-0.15, -0.1) is 0 Å². The fourth-order valence-electron chi connectivity index (χ4n) is 6.11. The minimum Gasteiger partial charge on any atom is -0.459 e. The summed E-state index contributed by atoms with van der Waals surface area (Å²) >= 11 is 0. The SMILES string of the molecule is C[C@H](OC1CCC(CN2CCC[C@@H]2C(=O)OC(C)(C)C)C1c1ccc(F)cc1)c1cc(C(F)(F)F)cc(C(F)(F)F)c1. The summed E-state index contributed by atoms with van der Waals surface area (Å²) in [5, 5.41) is 0. The molecular formula is C31H36F7NO3. The van der Waals surface area contributed by atoms with E-state index in [1.54, 1.807) is 32.9 Å². The topological polar surface area (TPSA) is 38.8 Å². The molecule has 1 aliphatic heterocycles. The standard InChI is InChI=1S/C31H36F7NO3/c1-18(21-14-22(30(33,34)35)16-23(15-21)31(36,37)38)41-26-12-9-20(27(26)19-7-10-24(32)11-8-19)17-39-13-5-6-25(39)28(40)42-29(2,3)4/h7-8,10-11,14-16,18,20,25-27H,5-6,9,12-13,17H2,1-4H3/t18-,20?,25+,26?,27?/m0/s1. The number of ether oxygens (including phenoxy) is 2. The lowest BCUT2D eigenvalue weighted by Gasteiger charge is -2.33. The molecule has 3 unspecified atom stereocenters. The Bertz CT molecular complexity index is 1200. The molecule has 4 rings (SSSR count). The lowest BCUT2D eigenvalue weighted by molar-refractivity contribution is -0.160. The molecule has 1 saturated carbocycles. The van der Waals surface area contributed by atoms with Crippen molar-refractivity contribution >= 4 is 5.97 Å². The van der Waals surface area contributed by atoms with Gasteiger partial charge in [-0.05, 0) is 107 Å². The van der Waals surface area contributed by atoms with Gasteiger partial charge in [-0.25, -0.2) is 4.39 Å². The quantitative estimate of drug-likeness (QED) is 0.236. The number of hydrogen-bond acceptors (Lipinski definition) is 4. The molecule has 4 nitrogen and oxygen atoms in total. The summed E-state index contributed by atoms with van der Waals surface area (Å²) in [6, 6.07) is 6.94. The second kappa shape index (κ2) is 12.1. The lowest BCUT2D eigenvalue weighted by atomic mass is 9.86. The normalized spacial score (nSPS) is 24.6. The van der Waals surface area contributed by atoms with Crippen LogP contribution in [-0.4, -0.2) is 41.7 Å². The van der Waals surface area contributed by atoms with E-state index < -0.39 is 53.1 Å². The number of halogens is 7. The monoisotopic (exact) mass is 603 g/mol. The Morgan fingerprint density at radius 2 is 1.52 bits per heavy atom. The predicted octanol–water partition coefficient (Wildman–Crippen LogP) is 8.31. The number of esters is 1. The van der Waals surface area contributed by atoms with Crippen LogP contribution >= 0.6 is 0 Å². The maximum absolute atomic E-state index is 13.8. The van der Waals surface area contributed by atoms with Crippen LogP contribution in [0.5, 0.6) is 0 Å². The molecule has 5 atom stereocenters. The van der Waals surface area contributed by atoms with Crippen molar-refractivity contribution in [3.05, 3.63) is 70.5 Å². The van der Waals surface area contributed by atoms with Gasteiger partial charge in [0.25, 0.3) is 0 Å². The number of likely N-dealkylation sites (tertiary alicyclic amines) is 1. The first-order valence-corrected chi connectivity index (χ1v) is 14.1. The molecule has 0 bridgehead atoms. The molecule has 2 aromatic rings. The van der Waals surface area contributed by atoms with Crippen LogP contribution in [-0.2, 0) is 26.6 Å². The van der Waals surface area contributed by atoms with Crippen LogP contribution in [0.15, 0.2) is 42.5 Å². The van der Waals surface area contributed by atoms with Crippen molar-refractivity contribution in [3.8, 4) is 0 Å². The molecule has 1 aliphatic carbocycles. The highest BCUT2D eigenvalue weighted by molar-refractivity contribution is 5.76. The van der Waals surface area contributed by atoms with E-state index in [9.17, 15) is 35.5 Å². The minimum absolute atomic E-state index is 0.0528. The Kier molecular flexibility index (Phi) is 9.33. The molecular weight excluding hydrogens is 567 g/mol. The van der Waals surface area contributed by atoms with Gasteiger partial charge in [0, 0.05) is 12.5 Å². The number of carbonyl (C=O) groups is 1. The predicted molar refractivity (Wildman–Crippen MR) is 142 cm³/mol. The Balaban J connectivity index is 1.59. The highest BCUT2D eigenvalue weighted by atomic mass is 19.4. The van der Waals surface area contributed by atoms with Crippen LogP contribution in [0.3, 0.4) is 0 Å². The van der Waals surface area contributed by atoms with Gasteiger partial charge in [0.2, 0.25) is 0 Å². The third-order valence-electron chi connectivity index (χ3n) is 7.96.